The molecular formula is C11H13BrN2O2. The third-order valence-electron chi connectivity index (χ3n) is 2.32. The molecule has 86 valence electrons. The second kappa shape index (κ2) is 4.95. The quantitative estimate of drug-likeness (QED) is 0.938. The van der Waals surface area contributed by atoms with Gasteiger partial charge in [-0.3, -0.25) is 0 Å². The van der Waals surface area contributed by atoms with Crippen LogP contribution in [0.2, 0.25) is 0 Å². The Bertz CT molecular complexity index is 484. The van der Waals surface area contributed by atoms with Crippen molar-refractivity contribution in [3.8, 4) is 0 Å². The molecule has 0 saturated carbocycles. The van der Waals surface area contributed by atoms with Gasteiger partial charge in [0.05, 0.1) is 6.04 Å². The highest BCUT2D eigenvalue weighted by Crippen LogP contribution is 2.23. The average molecular weight is 285 g/mol. The van der Waals surface area contributed by atoms with Gasteiger partial charge in [-0.1, -0.05) is 15.9 Å². The van der Waals surface area contributed by atoms with Gasteiger partial charge < -0.3 is 14.9 Å². The molecule has 4 nitrogen and oxygen atoms in total. The fourth-order valence-corrected chi connectivity index (χ4v) is 1.79. The Hall–Kier alpha value is -0.910. The summed E-state index contributed by atoms with van der Waals surface area (Å²) < 4.78 is 11.5. The summed E-state index contributed by atoms with van der Waals surface area (Å²) >= 11 is 3.39. The first-order valence-electron chi connectivity index (χ1n) is 5.01. The first-order chi connectivity index (χ1) is 7.70. The van der Waals surface area contributed by atoms with Gasteiger partial charge in [0.25, 0.3) is 0 Å². The smallest absolute Gasteiger partial charge is 0.212 e. The Kier molecular flexibility index (Phi) is 3.58. The van der Waals surface area contributed by atoms with Crippen LogP contribution in [-0.2, 0) is 4.74 Å². The molecule has 0 bridgehead atoms. The molecule has 2 aromatic rings. The molecule has 0 spiro atoms. The lowest BCUT2D eigenvalue weighted by molar-refractivity contribution is 0.184. The van der Waals surface area contributed by atoms with Crippen LogP contribution >= 0.6 is 15.9 Å². The minimum Gasteiger partial charge on any atom is -0.439 e. The lowest BCUT2D eigenvalue weighted by Gasteiger charge is -2.05. The molecule has 1 heterocycles. The molecule has 0 aliphatic carbocycles. The van der Waals surface area contributed by atoms with Gasteiger partial charge in [-0.2, -0.15) is 0 Å². The van der Waals surface area contributed by atoms with Gasteiger partial charge >= 0.3 is 0 Å². The predicted molar refractivity (Wildman–Crippen MR) is 65.1 cm³/mol. The van der Waals surface area contributed by atoms with Crippen molar-refractivity contribution < 1.29 is 9.15 Å². The zero-order valence-electron chi connectivity index (χ0n) is 8.94. The Balaban J connectivity index is 2.25. The molecule has 1 aromatic heterocycles. The summed E-state index contributed by atoms with van der Waals surface area (Å²) in [5.41, 5.74) is 7.51. The van der Waals surface area contributed by atoms with E-state index in [1.165, 1.54) is 0 Å². The number of benzene rings is 1. The molecule has 0 saturated heterocycles. The number of ether oxygens (including phenoxy) is 1. The highest BCUT2D eigenvalue weighted by molar-refractivity contribution is 9.10. The standard InChI is InChI=1S/C11H13BrN2O2/c1-15-5-4-8(13)11-14-9-6-7(12)2-3-10(9)16-11/h2-3,6,8H,4-5,13H2,1H3. The number of nitrogens with two attached hydrogens (primary N) is 1. The van der Waals surface area contributed by atoms with E-state index < -0.39 is 0 Å². The van der Waals surface area contributed by atoms with Crippen LogP contribution in [0.3, 0.4) is 0 Å². The zero-order chi connectivity index (χ0) is 11.5. The second-order valence-corrected chi connectivity index (χ2v) is 4.47. The summed E-state index contributed by atoms with van der Waals surface area (Å²) in [6.07, 6.45) is 0.699. The van der Waals surface area contributed by atoms with Crippen molar-refractivity contribution in [3.05, 3.63) is 28.6 Å². The first-order valence-corrected chi connectivity index (χ1v) is 5.80. The van der Waals surface area contributed by atoms with Gasteiger partial charge in [0.2, 0.25) is 5.89 Å². The maximum atomic E-state index is 5.94. The van der Waals surface area contributed by atoms with Crippen LogP contribution in [0.5, 0.6) is 0 Å². The normalized spacial score (nSPS) is 13.2. The molecule has 2 rings (SSSR count). The summed E-state index contributed by atoms with van der Waals surface area (Å²) in [6.45, 7) is 0.601. The van der Waals surface area contributed by atoms with E-state index in [4.69, 9.17) is 14.9 Å². The van der Waals surface area contributed by atoms with E-state index in [1.807, 2.05) is 18.2 Å². The maximum absolute atomic E-state index is 5.94. The van der Waals surface area contributed by atoms with Crippen molar-refractivity contribution in [1.29, 1.82) is 0 Å². The number of rotatable bonds is 4. The number of aromatic nitrogens is 1. The highest BCUT2D eigenvalue weighted by Gasteiger charge is 2.13. The fraction of sp³-hybridized carbons (Fsp3) is 0.364. The largest absolute Gasteiger partial charge is 0.439 e. The molecule has 16 heavy (non-hydrogen) atoms. The summed E-state index contributed by atoms with van der Waals surface area (Å²) in [4.78, 5) is 4.35. The van der Waals surface area contributed by atoms with Crippen LogP contribution in [0.25, 0.3) is 11.1 Å². The number of methoxy groups -OCH3 is 1. The predicted octanol–water partition coefficient (Wildman–Crippen LogP) is 2.63. The summed E-state index contributed by atoms with van der Waals surface area (Å²) in [6, 6.07) is 5.48. The van der Waals surface area contributed by atoms with Gasteiger partial charge in [-0.15, -0.1) is 0 Å². The number of halogens is 1. The molecule has 0 fully saturated rings. The first kappa shape index (κ1) is 11.6. The van der Waals surface area contributed by atoms with Crippen LogP contribution < -0.4 is 5.73 Å². The summed E-state index contributed by atoms with van der Waals surface area (Å²) in [7, 11) is 1.65. The molecule has 5 heteroatoms. The Morgan fingerprint density at radius 3 is 3.12 bits per heavy atom. The maximum Gasteiger partial charge on any atom is 0.212 e. The molecule has 0 aliphatic heterocycles. The molecule has 1 aromatic carbocycles. The van der Waals surface area contributed by atoms with E-state index in [1.54, 1.807) is 7.11 Å². The van der Waals surface area contributed by atoms with Crippen LogP contribution in [0, 0.1) is 0 Å². The topological polar surface area (TPSA) is 61.3 Å². The summed E-state index contributed by atoms with van der Waals surface area (Å²) in [5, 5.41) is 0. The lowest BCUT2D eigenvalue weighted by atomic mass is 10.2. The second-order valence-electron chi connectivity index (χ2n) is 3.55. The molecule has 1 atom stereocenters. The molecule has 0 aliphatic rings. The Labute approximate surface area is 102 Å². The van der Waals surface area contributed by atoms with Gasteiger partial charge in [0, 0.05) is 18.2 Å². The fourth-order valence-electron chi connectivity index (χ4n) is 1.45. The van der Waals surface area contributed by atoms with E-state index in [-0.39, 0.29) is 6.04 Å². The minimum atomic E-state index is -0.217. The lowest BCUT2D eigenvalue weighted by Crippen LogP contribution is -2.12. The number of fused-ring (bicyclic) bond motifs is 1. The van der Waals surface area contributed by atoms with E-state index in [2.05, 4.69) is 20.9 Å². The van der Waals surface area contributed by atoms with Crippen molar-refractivity contribution in [2.24, 2.45) is 5.73 Å². The van der Waals surface area contributed by atoms with Gasteiger partial charge in [0.15, 0.2) is 5.58 Å². The van der Waals surface area contributed by atoms with Crippen LogP contribution in [0.4, 0.5) is 0 Å². The van der Waals surface area contributed by atoms with Crippen molar-refractivity contribution in [2.45, 2.75) is 12.5 Å². The van der Waals surface area contributed by atoms with Crippen LogP contribution in [0.1, 0.15) is 18.4 Å². The number of nitrogens with zero attached hydrogens (tertiary/aromatic N) is 1. The van der Waals surface area contributed by atoms with Crippen LogP contribution in [0.15, 0.2) is 27.1 Å². The molecule has 0 radical (unpaired) electrons. The number of hydrogen-bond acceptors (Lipinski definition) is 4. The Morgan fingerprint density at radius 1 is 1.56 bits per heavy atom. The van der Waals surface area contributed by atoms with Crippen molar-refractivity contribution in [2.75, 3.05) is 13.7 Å². The Morgan fingerprint density at radius 2 is 2.38 bits per heavy atom. The van der Waals surface area contributed by atoms with Crippen molar-refractivity contribution in [1.82, 2.24) is 4.98 Å². The monoisotopic (exact) mass is 284 g/mol. The van der Waals surface area contributed by atoms with Gasteiger partial charge in [0.1, 0.15) is 5.52 Å². The van der Waals surface area contributed by atoms with E-state index in [0.717, 1.165) is 15.6 Å². The number of oxazole rings is 1. The third kappa shape index (κ3) is 2.42. The minimum absolute atomic E-state index is 0.217. The van der Waals surface area contributed by atoms with Gasteiger partial charge in [-0.05, 0) is 24.6 Å². The van der Waals surface area contributed by atoms with Crippen LogP contribution in [-0.4, -0.2) is 18.7 Å². The van der Waals surface area contributed by atoms with Crippen molar-refractivity contribution >= 4 is 27.0 Å². The molecule has 2 N–H and O–H groups in total. The third-order valence-corrected chi connectivity index (χ3v) is 2.81. The average Bonchev–Trinajstić information content (AvgIpc) is 2.68. The highest BCUT2D eigenvalue weighted by atomic mass is 79.9. The van der Waals surface area contributed by atoms with E-state index >= 15 is 0 Å². The van der Waals surface area contributed by atoms with Crippen molar-refractivity contribution in [3.63, 3.8) is 0 Å². The van der Waals surface area contributed by atoms with E-state index in [9.17, 15) is 0 Å². The molecule has 0 amide bonds. The van der Waals surface area contributed by atoms with E-state index in [0.29, 0.717) is 18.9 Å². The number of hydrogen-bond donors (Lipinski definition) is 1. The molecular weight excluding hydrogens is 272 g/mol. The van der Waals surface area contributed by atoms with Gasteiger partial charge in [-0.25, -0.2) is 4.98 Å². The zero-order valence-corrected chi connectivity index (χ0v) is 10.5. The summed E-state index contributed by atoms with van der Waals surface area (Å²) in [5.74, 6) is 0.560. The molecule has 1 unspecified atom stereocenters. The SMILES string of the molecule is COCCC(N)c1nc2cc(Br)ccc2o1.